The van der Waals surface area contributed by atoms with Crippen LogP contribution in [0.1, 0.15) is 5.56 Å². The fraction of sp³-hybridized carbons (Fsp3) is 0.200. The molecule has 72 valence electrons. The number of aromatic amines is 1. The number of aromatic nitrogens is 2. The largest absolute Gasteiger partial charge is 0.313 e. The van der Waals surface area contributed by atoms with E-state index in [1.54, 1.807) is 11.8 Å². The molecule has 0 saturated heterocycles. The molecule has 1 aromatic heterocycles. The second kappa shape index (κ2) is 3.46. The van der Waals surface area contributed by atoms with Crippen molar-refractivity contribution < 1.29 is 0 Å². The monoisotopic (exact) mass is 206 g/mol. The normalized spacial score (nSPS) is 10.7. The molecule has 0 unspecified atom stereocenters. The first-order valence-corrected chi connectivity index (χ1v) is 5.47. The van der Waals surface area contributed by atoms with Gasteiger partial charge in [0.1, 0.15) is 0 Å². The minimum atomic E-state index is -0.0784. The van der Waals surface area contributed by atoms with Gasteiger partial charge >= 0.3 is 0 Å². The number of nitrogens with zero attached hydrogens (tertiary/aromatic N) is 1. The molecule has 0 fully saturated rings. The van der Waals surface area contributed by atoms with E-state index in [1.807, 2.05) is 25.3 Å². The van der Waals surface area contributed by atoms with E-state index in [1.165, 1.54) is 6.33 Å². The maximum absolute atomic E-state index is 11.5. The van der Waals surface area contributed by atoms with Crippen molar-refractivity contribution in [2.24, 2.45) is 0 Å². The van der Waals surface area contributed by atoms with Crippen molar-refractivity contribution in [3.05, 3.63) is 34.4 Å². The Hall–Kier alpha value is -1.29. The first kappa shape index (κ1) is 9.27. The van der Waals surface area contributed by atoms with Gasteiger partial charge in [0.25, 0.3) is 5.56 Å². The molecule has 0 aliphatic heterocycles. The number of H-pyrrole nitrogens is 1. The minimum Gasteiger partial charge on any atom is -0.313 e. The highest BCUT2D eigenvalue weighted by molar-refractivity contribution is 7.98. The van der Waals surface area contributed by atoms with Gasteiger partial charge in [0, 0.05) is 4.90 Å². The Bertz CT molecular complexity index is 533. The van der Waals surface area contributed by atoms with Crippen molar-refractivity contribution in [3.8, 4) is 0 Å². The smallest absolute Gasteiger partial charge is 0.258 e. The van der Waals surface area contributed by atoms with Crippen LogP contribution < -0.4 is 5.56 Å². The summed E-state index contributed by atoms with van der Waals surface area (Å²) in [6, 6.07) is 3.83. The molecule has 2 rings (SSSR count). The maximum atomic E-state index is 11.5. The molecule has 1 N–H and O–H groups in total. The zero-order valence-electron chi connectivity index (χ0n) is 8.00. The van der Waals surface area contributed by atoms with Crippen molar-refractivity contribution in [1.29, 1.82) is 0 Å². The lowest BCUT2D eigenvalue weighted by molar-refractivity contribution is 1.16. The third-order valence-electron chi connectivity index (χ3n) is 2.16. The summed E-state index contributed by atoms with van der Waals surface area (Å²) in [4.78, 5) is 19.3. The number of benzene rings is 1. The maximum Gasteiger partial charge on any atom is 0.258 e. The van der Waals surface area contributed by atoms with Gasteiger partial charge in [0.05, 0.1) is 17.2 Å². The highest BCUT2D eigenvalue weighted by Gasteiger charge is 2.03. The van der Waals surface area contributed by atoms with Crippen LogP contribution in [0.15, 0.2) is 28.2 Å². The third-order valence-corrected chi connectivity index (χ3v) is 3.04. The molecule has 3 nitrogen and oxygen atoms in total. The first-order chi connectivity index (χ1) is 6.72. The molecule has 0 bridgehead atoms. The molecular weight excluding hydrogens is 196 g/mol. The summed E-state index contributed by atoms with van der Waals surface area (Å²) in [6.07, 6.45) is 3.43. The summed E-state index contributed by atoms with van der Waals surface area (Å²) in [6.45, 7) is 2.02. The molecule has 1 heterocycles. The van der Waals surface area contributed by atoms with E-state index < -0.39 is 0 Å². The van der Waals surface area contributed by atoms with Crippen molar-refractivity contribution >= 4 is 22.7 Å². The zero-order chi connectivity index (χ0) is 10.1. The molecular formula is C10H10N2OS. The molecule has 0 atom stereocenters. The SMILES string of the molecule is CSc1cc2c(=O)[nH]cnc2cc1C. The Morgan fingerprint density at radius 1 is 1.43 bits per heavy atom. The van der Waals surface area contributed by atoms with Crippen LogP contribution >= 0.6 is 11.8 Å². The van der Waals surface area contributed by atoms with Gasteiger partial charge in [0.2, 0.25) is 0 Å². The van der Waals surface area contributed by atoms with E-state index in [4.69, 9.17) is 0 Å². The third kappa shape index (κ3) is 1.42. The van der Waals surface area contributed by atoms with Crippen molar-refractivity contribution in [3.63, 3.8) is 0 Å². The summed E-state index contributed by atoms with van der Waals surface area (Å²) >= 11 is 1.64. The van der Waals surface area contributed by atoms with Crippen LogP contribution in [0.2, 0.25) is 0 Å². The van der Waals surface area contributed by atoms with Gasteiger partial charge in [0.15, 0.2) is 0 Å². The number of thioether (sulfide) groups is 1. The van der Waals surface area contributed by atoms with Crippen molar-refractivity contribution in [1.82, 2.24) is 9.97 Å². The summed E-state index contributed by atoms with van der Waals surface area (Å²) < 4.78 is 0. The van der Waals surface area contributed by atoms with Crippen LogP contribution in [-0.4, -0.2) is 16.2 Å². The minimum absolute atomic E-state index is 0.0784. The lowest BCUT2D eigenvalue weighted by atomic mass is 10.2. The molecule has 0 amide bonds. The summed E-state index contributed by atoms with van der Waals surface area (Å²) in [5, 5.41) is 0.655. The second-order valence-electron chi connectivity index (χ2n) is 3.07. The van der Waals surface area contributed by atoms with Gasteiger partial charge in [-0.15, -0.1) is 11.8 Å². The van der Waals surface area contributed by atoms with Crippen LogP contribution in [-0.2, 0) is 0 Å². The highest BCUT2D eigenvalue weighted by atomic mass is 32.2. The van der Waals surface area contributed by atoms with E-state index in [-0.39, 0.29) is 5.56 Å². The van der Waals surface area contributed by atoms with Gasteiger partial charge in [-0.1, -0.05) is 0 Å². The quantitative estimate of drug-likeness (QED) is 0.725. The highest BCUT2D eigenvalue weighted by Crippen LogP contribution is 2.22. The molecule has 0 radical (unpaired) electrons. The van der Waals surface area contributed by atoms with E-state index in [0.29, 0.717) is 5.39 Å². The number of aryl methyl sites for hydroxylation is 1. The zero-order valence-corrected chi connectivity index (χ0v) is 8.81. The molecule has 0 spiro atoms. The predicted molar refractivity (Wildman–Crippen MR) is 58.9 cm³/mol. The molecule has 4 heteroatoms. The summed E-state index contributed by atoms with van der Waals surface area (Å²) in [5.74, 6) is 0. The van der Waals surface area contributed by atoms with E-state index in [0.717, 1.165) is 16.0 Å². The number of hydrogen-bond acceptors (Lipinski definition) is 3. The first-order valence-electron chi connectivity index (χ1n) is 4.24. The van der Waals surface area contributed by atoms with Gasteiger partial charge in [-0.25, -0.2) is 4.98 Å². The molecule has 14 heavy (non-hydrogen) atoms. The fourth-order valence-corrected chi connectivity index (χ4v) is 2.04. The molecule has 0 aliphatic carbocycles. The topological polar surface area (TPSA) is 45.8 Å². The second-order valence-corrected chi connectivity index (χ2v) is 3.92. The van der Waals surface area contributed by atoms with E-state index >= 15 is 0 Å². The predicted octanol–water partition coefficient (Wildman–Crippen LogP) is 1.95. The Kier molecular flexibility index (Phi) is 2.29. The average molecular weight is 206 g/mol. The lowest BCUT2D eigenvalue weighted by Crippen LogP contribution is -2.06. The summed E-state index contributed by atoms with van der Waals surface area (Å²) in [7, 11) is 0. The van der Waals surface area contributed by atoms with E-state index in [2.05, 4.69) is 9.97 Å². The summed E-state index contributed by atoms with van der Waals surface area (Å²) in [5.41, 5.74) is 1.83. The fourth-order valence-electron chi connectivity index (χ4n) is 1.42. The van der Waals surface area contributed by atoms with Crippen molar-refractivity contribution in [2.75, 3.05) is 6.26 Å². The van der Waals surface area contributed by atoms with Crippen LogP contribution in [0.5, 0.6) is 0 Å². The van der Waals surface area contributed by atoms with Crippen LogP contribution in [0.3, 0.4) is 0 Å². The van der Waals surface area contributed by atoms with Crippen LogP contribution in [0.25, 0.3) is 10.9 Å². The Balaban J connectivity index is 2.87. The molecule has 0 saturated carbocycles. The lowest BCUT2D eigenvalue weighted by Gasteiger charge is -2.03. The van der Waals surface area contributed by atoms with Gasteiger partial charge in [-0.3, -0.25) is 4.79 Å². The van der Waals surface area contributed by atoms with Crippen molar-refractivity contribution in [2.45, 2.75) is 11.8 Å². The molecule has 2 aromatic rings. The average Bonchev–Trinajstić information content (AvgIpc) is 2.17. The standard InChI is InChI=1S/C10H10N2OS/c1-6-3-8-7(4-9(6)14-2)10(13)12-5-11-8/h3-5H,1-2H3,(H,11,12,13). The van der Waals surface area contributed by atoms with Crippen LogP contribution in [0, 0.1) is 6.92 Å². The van der Waals surface area contributed by atoms with Crippen LogP contribution in [0.4, 0.5) is 0 Å². The number of fused-ring (bicyclic) bond motifs is 1. The number of rotatable bonds is 1. The number of nitrogens with one attached hydrogen (secondary N) is 1. The number of hydrogen-bond donors (Lipinski definition) is 1. The Morgan fingerprint density at radius 2 is 2.21 bits per heavy atom. The molecule has 1 aromatic carbocycles. The Morgan fingerprint density at radius 3 is 2.93 bits per heavy atom. The van der Waals surface area contributed by atoms with Gasteiger partial charge < -0.3 is 4.98 Å². The Labute approximate surface area is 85.6 Å². The van der Waals surface area contributed by atoms with E-state index in [9.17, 15) is 4.79 Å². The van der Waals surface area contributed by atoms with Gasteiger partial charge in [-0.05, 0) is 30.9 Å². The molecule has 0 aliphatic rings. The van der Waals surface area contributed by atoms with Gasteiger partial charge in [-0.2, -0.15) is 0 Å².